The Balaban J connectivity index is 1.86. The monoisotopic (exact) mass is 221 g/mol. The molecule has 1 heterocycles. The van der Waals surface area contributed by atoms with Crippen LogP contribution in [0.15, 0.2) is 29.8 Å². The highest BCUT2D eigenvalue weighted by Crippen LogP contribution is 2.14. The number of anilines is 1. The number of nitrogens with two attached hydrogens (primary N) is 1. The van der Waals surface area contributed by atoms with Gasteiger partial charge in [0.05, 0.1) is 6.61 Å². The van der Waals surface area contributed by atoms with Crippen molar-refractivity contribution in [1.29, 1.82) is 0 Å². The molecule has 0 spiro atoms. The normalized spacial score (nSPS) is 10.1. The zero-order valence-electron chi connectivity index (χ0n) is 8.09. The summed E-state index contributed by atoms with van der Waals surface area (Å²) in [5, 5.41) is 8.07. The average molecular weight is 221 g/mol. The van der Waals surface area contributed by atoms with Crippen LogP contribution in [0.1, 0.15) is 5.56 Å². The molecule has 5 heteroatoms. The lowest BCUT2D eigenvalue weighted by atomic mass is 10.1. The first-order valence-corrected chi connectivity index (χ1v) is 5.46. The molecule has 4 nitrogen and oxygen atoms in total. The van der Waals surface area contributed by atoms with Gasteiger partial charge in [-0.3, -0.25) is 0 Å². The van der Waals surface area contributed by atoms with Crippen molar-refractivity contribution in [3.8, 4) is 5.19 Å². The number of hydrogen-bond donors (Lipinski definition) is 1. The Kier molecular flexibility index (Phi) is 3.14. The van der Waals surface area contributed by atoms with Gasteiger partial charge in [0.2, 0.25) is 0 Å². The first-order valence-electron chi connectivity index (χ1n) is 4.58. The van der Waals surface area contributed by atoms with Gasteiger partial charge in [0.25, 0.3) is 5.19 Å². The Morgan fingerprint density at radius 2 is 2.20 bits per heavy atom. The van der Waals surface area contributed by atoms with Gasteiger partial charge in [-0.05, 0) is 11.6 Å². The van der Waals surface area contributed by atoms with Gasteiger partial charge < -0.3 is 10.5 Å². The molecule has 1 aromatic heterocycles. The number of benzene rings is 1. The average Bonchev–Trinajstić information content (AvgIpc) is 2.74. The van der Waals surface area contributed by atoms with Crippen LogP contribution in [0.2, 0.25) is 0 Å². The van der Waals surface area contributed by atoms with Crippen molar-refractivity contribution >= 4 is 17.0 Å². The number of aromatic nitrogens is 2. The molecule has 2 rings (SSSR count). The quantitative estimate of drug-likeness (QED) is 0.799. The number of nitrogens with zero attached hydrogens (tertiary/aromatic N) is 2. The van der Waals surface area contributed by atoms with Crippen LogP contribution >= 0.6 is 11.3 Å². The highest BCUT2D eigenvalue weighted by molar-refractivity contribution is 7.11. The van der Waals surface area contributed by atoms with E-state index >= 15 is 0 Å². The second-order valence-electron chi connectivity index (χ2n) is 3.00. The molecule has 15 heavy (non-hydrogen) atoms. The number of hydrogen-bond acceptors (Lipinski definition) is 5. The number of nitrogen functional groups attached to an aromatic ring is 1. The van der Waals surface area contributed by atoms with Gasteiger partial charge in [0.1, 0.15) is 5.51 Å². The number of para-hydroxylation sites is 1. The van der Waals surface area contributed by atoms with Gasteiger partial charge in [-0.2, -0.15) is 0 Å². The van der Waals surface area contributed by atoms with Gasteiger partial charge in [-0.15, -0.1) is 10.2 Å². The van der Waals surface area contributed by atoms with Gasteiger partial charge in [0, 0.05) is 12.1 Å². The van der Waals surface area contributed by atoms with Crippen molar-refractivity contribution in [2.45, 2.75) is 6.42 Å². The van der Waals surface area contributed by atoms with Gasteiger partial charge in [-0.1, -0.05) is 29.5 Å². The van der Waals surface area contributed by atoms with Crippen LogP contribution in [0.5, 0.6) is 5.19 Å². The molecule has 2 aromatic rings. The van der Waals surface area contributed by atoms with E-state index in [1.165, 1.54) is 11.3 Å². The lowest BCUT2D eigenvalue weighted by Crippen LogP contribution is -2.03. The molecule has 0 saturated carbocycles. The van der Waals surface area contributed by atoms with Crippen molar-refractivity contribution in [3.05, 3.63) is 35.3 Å². The fraction of sp³-hybridized carbons (Fsp3) is 0.200. The third kappa shape index (κ3) is 2.66. The molecule has 0 bridgehead atoms. The van der Waals surface area contributed by atoms with Crippen LogP contribution in [0, 0.1) is 0 Å². The van der Waals surface area contributed by atoms with E-state index in [1.807, 2.05) is 24.3 Å². The number of rotatable bonds is 4. The second kappa shape index (κ2) is 4.75. The zero-order valence-corrected chi connectivity index (χ0v) is 8.91. The lowest BCUT2D eigenvalue weighted by molar-refractivity contribution is 0.317. The topological polar surface area (TPSA) is 61.0 Å². The summed E-state index contributed by atoms with van der Waals surface area (Å²) in [6.45, 7) is 0.573. The van der Waals surface area contributed by atoms with Crippen molar-refractivity contribution < 1.29 is 4.74 Å². The second-order valence-corrected chi connectivity index (χ2v) is 3.80. The van der Waals surface area contributed by atoms with Crippen LogP contribution in [0.25, 0.3) is 0 Å². The zero-order chi connectivity index (χ0) is 10.5. The molecule has 1 aromatic carbocycles. The third-order valence-corrected chi connectivity index (χ3v) is 2.59. The Bertz CT molecular complexity index is 416. The van der Waals surface area contributed by atoms with E-state index in [0.29, 0.717) is 11.8 Å². The summed E-state index contributed by atoms with van der Waals surface area (Å²) >= 11 is 1.39. The molecular weight excluding hydrogens is 210 g/mol. The van der Waals surface area contributed by atoms with Crippen LogP contribution in [0.3, 0.4) is 0 Å². The molecule has 0 aliphatic heterocycles. The summed E-state index contributed by atoms with van der Waals surface area (Å²) in [5.41, 5.74) is 9.35. The summed E-state index contributed by atoms with van der Waals surface area (Å²) in [5.74, 6) is 0. The lowest BCUT2D eigenvalue weighted by Gasteiger charge is -2.04. The number of ether oxygens (including phenoxy) is 1. The molecule has 0 fully saturated rings. The van der Waals surface area contributed by atoms with E-state index < -0.39 is 0 Å². The summed E-state index contributed by atoms with van der Waals surface area (Å²) < 4.78 is 5.39. The van der Waals surface area contributed by atoms with Crippen LogP contribution < -0.4 is 10.5 Å². The molecule has 78 valence electrons. The van der Waals surface area contributed by atoms with E-state index in [9.17, 15) is 0 Å². The Morgan fingerprint density at radius 1 is 1.33 bits per heavy atom. The first-order chi connectivity index (χ1) is 7.36. The van der Waals surface area contributed by atoms with Crippen molar-refractivity contribution in [2.75, 3.05) is 12.3 Å². The molecule has 0 unspecified atom stereocenters. The van der Waals surface area contributed by atoms with Crippen LogP contribution in [-0.2, 0) is 6.42 Å². The molecule has 0 radical (unpaired) electrons. The Labute approximate surface area is 91.7 Å². The fourth-order valence-electron chi connectivity index (χ4n) is 1.24. The van der Waals surface area contributed by atoms with Crippen LogP contribution in [0.4, 0.5) is 5.69 Å². The summed E-state index contributed by atoms with van der Waals surface area (Å²) in [6, 6.07) is 7.78. The summed E-state index contributed by atoms with van der Waals surface area (Å²) in [7, 11) is 0. The predicted octanol–water partition coefficient (Wildman–Crippen LogP) is 1.74. The standard InChI is InChI=1S/C10H11N3OS/c11-9-4-2-1-3-8(9)5-6-14-10-13-12-7-15-10/h1-4,7H,5-6,11H2. The van der Waals surface area contributed by atoms with Gasteiger partial charge >= 0.3 is 0 Å². The SMILES string of the molecule is Nc1ccccc1CCOc1nncs1. The largest absolute Gasteiger partial charge is 0.469 e. The molecular formula is C10H11N3OS. The van der Waals surface area contributed by atoms with Gasteiger partial charge in [-0.25, -0.2) is 0 Å². The highest BCUT2D eigenvalue weighted by atomic mass is 32.1. The van der Waals surface area contributed by atoms with Crippen molar-refractivity contribution in [1.82, 2.24) is 10.2 Å². The minimum Gasteiger partial charge on any atom is -0.469 e. The minimum atomic E-state index is 0.573. The molecule has 0 aliphatic carbocycles. The van der Waals surface area contributed by atoms with E-state index in [0.717, 1.165) is 17.7 Å². The van der Waals surface area contributed by atoms with Crippen LogP contribution in [-0.4, -0.2) is 16.8 Å². The maximum absolute atomic E-state index is 5.80. The molecule has 0 aliphatic rings. The van der Waals surface area contributed by atoms with E-state index in [-0.39, 0.29) is 0 Å². The van der Waals surface area contributed by atoms with Gasteiger partial charge in [0.15, 0.2) is 0 Å². The maximum Gasteiger partial charge on any atom is 0.293 e. The smallest absolute Gasteiger partial charge is 0.293 e. The third-order valence-electron chi connectivity index (χ3n) is 1.99. The minimum absolute atomic E-state index is 0.573. The molecule has 2 N–H and O–H groups in total. The van der Waals surface area contributed by atoms with E-state index in [1.54, 1.807) is 5.51 Å². The molecule has 0 atom stereocenters. The Hall–Kier alpha value is -1.62. The maximum atomic E-state index is 5.80. The fourth-order valence-corrected chi connectivity index (χ4v) is 1.67. The van der Waals surface area contributed by atoms with E-state index in [4.69, 9.17) is 10.5 Å². The summed E-state index contributed by atoms with van der Waals surface area (Å²) in [6.07, 6.45) is 0.784. The summed E-state index contributed by atoms with van der Waals surface area (Å²) in [4.78, 5) is 0. The van der Waals surface area contributed by atoms with Crippen molar-refractivity contribution in [3.63, 3.8) is 0 Å². The Morgan fingerprint density at radius 3 is 2.93 bits per heavy atom. The highest BCUT2D eigenvalue weighted by Gasteiger charge is 2.00. The predicted molar refractivity (Wildman–Crippen MR) is 60.0 cm³/mol. The van der Waals surface area contributed by atoms with E-state index in [2.05, 4.69) is 10.2 Å². The van der Waals surface area contributed by atoms with Crippen molar-refractivity contribution in [2.24, 2.45) is 0 Å². The molecule has 0 amide bonds. The molecule has 0 saturated heterocycles. The first kappa shape index (κ1) is 9.92.